The minimum Gasteiger partial charge on any atom is -0.317 e. The Balaban J connectivity index is 2.27. The van der Waals surface area contributed by atoms with Crippen molar-refractivity contribution in [3.63, 3.8) is 0 Å². The molecule has 82 valence electrons. The van der Waals surface area contributed by atoms with Crippen LogP contribution in [0.2, 0.25) is 0 Å². The number of nitrogens with one attached hydrogen (secondary N) is 1. The average molecular weight is 195 g/mol. The Kier molecular flexibility index (Phi) is 5.93. The van der Waals surface area contributed by atoms with E-state index in [2.05, 4.69) is 25.4 Å². The van der Waals surface area contributed by atoms with Crippen LogP contribution in [-0.2, 0) is 0 Å². The highest BCUT2D eigenvalue weighted by Crippen LogP contribution is 2.22. The largest absolute Gasteiger partial charge is 0.317 e. The first kappa shape index (κ1) is 11.8. The lowest BCUT2D eigenvalue weighted by Gasteiger charge is -2.20. The molecule has 1 aliphatic carbocycles. The Morgan fingerprint density at radius 1 is 1.43 bits per heavy atom. The molecule has 1 atom stereocenters. The van der Waals surface area contributed by atoms with Crippen molar-refractivity contribution in [3.8, 4) is 0 Å². The van der Waals surface area contributed by atoms with Gasteiger partial charge in [0, 0.05) is 6.04 Å². The summed E-state index contributed by atoms with van der Waals surface area (Å²) >= 11 is 0. The molecule has 1 nitrogen and oxygen atoms in total. The van der Waals surface area contributed by atoms with Gasteiger partial charge in [0.1, 0.15) is 0 Å². The van der Waals surface area contributed by atoms with E-state index in [1.807, 2.05) is 0 Å². The van der Waals surface area contributed by atoms with Crippen LogP contribution in [0.15, 0.2) is 11.6 Å². The predicted molar refractivity (Wildman–Crippen MR) is 63.5 cm³/mol. The first-order valence-electron chi connectivity index (χ1n) is 6.22. The van der Waals surface area contributed by atoms with Crippen LogP contribution < -0.4 is 5.32 Å². The Labute approximate surface area is 89.0 Å². The van der Waals surface area contributed by atoms with Crippen LogP contribution >= 0.6 is 0 Å². The zero-order valence-electron chi connectivity index (χ0n) is 9.81. The van der Waals surface area contributed by atoms with Crippen molar-refractivity contribution in [2.45, 2.75) is 64.3 Å². The molecule has 0 bridgehead atoms. The molecule has 1 rings (SSSR count). The maximum Gasteiger partial charge on any atom is 0.0101 e. The summed E-state index contributed by atoms with van der Waals surface area (Å²) in [5.74, 6) is 0. The first-order chi connectivity index (χ1) is 6.86. The molecule has 0 aromatic heterocycles. The van der Waals surface area contributed by atoms with E-state index in [4.69, 9.17) is 0 Å². The van der Waals surface area contributed by atoms with E-state index in [9.17, 15) is 0 Å². The molecule has 1 N–H and O–H groups in total. The second kappa shape index (κ2) is 7.05. The minimum absolute atomic E-state index is 0.722. The lowest BCUT2D eigenvalue weighted by atomic mass is 9.92. The molecule has 1 unspecified atom stereocenters. The molecule has 0 saturated carbocycles. The zero-order chi connectivity index (χ0) is 10.2. The van der Waals surface area contributed by atoms with Crippen LogP contribution in [-0.4, -0.2) is 13.1 Å². The molecule has 0 amide bonds. The Bertz CT molecular complexity index is 172. The van der Waals surface area contributed by atoms with E-state index in [1.54, 1.807) is 5.57 Å². The molecule has 0 saturated heterocycles. The van der Waals surface area contributed by atoms with E-state index >= 15 is 0 Å². The number of hydrogen-bond donors (Lipinski definition) is 1. The summed E-state index contributed by atoms with van der Waals surface area (Å²) in [7, 11) is 2.10. The van der Waals surface area contributed by atoms with E-state index < -0.39 is 0 Å². The van der Waals surface area contributed by atoms with E-state index in [-0.39, 0.29) is 0 Å². The normalized spacial score (nSPS) is 19.1. The SMILES string of the molecule is CCCCC(CC1=CCCCC1)NC. The third kappa shape index (κ3) is 4.28. The summed E-state index contributed by atoms with van der Waals surface area (Å²) in [5, 5.41) is 3.44. The summed E-state index contributed by atoms with van der Waals surface area (Å²) in [6.07, 6.45) is 13.3. The van der Waals surface area contributed by atoms with Crippen LogP contribution in [0, 0.1) is 0 Å². The minimum atomic E-state index is 0.722. The van der Waals surface area contributed by atoms with Gasteiger partial charge in [0.2, 0.25) is 0 Å². The van der Waals surface area contributed by atoms with Crippen molar-refractivity contribution in [2.24, 2.45) is 0 Å². The molecule has 0 radical (unpaired) electrons. The molecule has 1 heteroatoms. The van der Waals surface area contributed by atoms with Gasteiger partial charge in [-0.15, -0.1) is 0 Å². The van der Waals surface area contributed by atoms with Gasteiger partial charge in [-0.25, -0.2) is 0 Å². The van der Waals surface area contributed by atoms with E-state index in [0.717, 1.165) is 6.04 Å². The fourth-order valence-electron chi connectivity index (χ4n) is 2.21. The van der Waals surface area contributed by atoms with Crippen LogP contribution in [0.5, 0.6) is 0 Å². The Hall–Kier alpha value is -0.300. The van der Waals surface area contributed by atoms with Crippen molar-refractivity contribution < 1.29 is 0 Å². The van der Waals surface area contributed by atoms with Gasteiger partial charge in [-0.3, -0.25) is 0 Å². The smallest absolute Gasteiger partial charge is 0.0101 e. The average Bonchev–Trinajstić information content (AvgIpc) is 2.25. The molecule has 0 aromatic carbocycles. The molecule has 14 heavy (non-hydrogen) atoms. The summed E-state index contributed by atoms with van der Waals surface area (Å²) in [5.41, 5.74) is 1.70. The monoisotopic (exact) mass is 195 g/mol. The van der Waals surface area contributed by atoms with E-state index in [1.165, 1.54) is 51.4 Å². The maximum absolute atomic E-state index is 3.44. The van der Waals surface area contributed by atoms with Crippen molar-refractivity contribution in [1.29, 1.82) is 0 Å². The summed E-state index contributed by atoms with van der Waals surface area (Å²) in [6, 6.07) is 0.722. The van der Waals surface area contributed by atoms with Gasteiger partial charge < -0.3 is 5.32 Å². The highest BCUT2D eigenvalue weighted by atomic mass is 14.9. The third-order valence-corrected chi connectivity index (χ3v) is 3.21. The Morgan fingerprint density at radius 2 is 2.29 bits per heavy atom. The van der Waals surface area contributed by atoms with Crippen LogP contribution in [0.4, 0.5) is 0 Å². The topological polar surface area (TPSA) is 12.0 Å². The lowest BCUT2D eigenvalue weighted by Crippen LogP contribution is -2.25. The summed E-state index contributed by atoms with van der Waals surface area (Å²) in [4.78, 5) is 0. The van der Waals surface area contributed by atoms with Crippen LogP contribution in [0.3, 0.4) is 0 Å². The molecule has 0 aromatic rings. The number of hydrogen-bond acceptors (Lipinski definition) is 1. The van der Waals surface area contributed by atoms with Crippen LogP contribution in [0.1, 0.15) is 58.3 Å². The van der Waals surface area contributed by atoms with Crippen molar-refractivity contribution in [1.82, 2.24) is 5.32 Å². The fraction of sp³-hybridized carbons (Fsp3) is 0.846. The molecule has 0 heterocycles. The molecule has 1 aliphatic rings. The predicted octanol–water partition coefficient (Wildman–Crippen LogP) is 3.66. The fourth-order valence-corrected chi connectivity index (χ4v) is 2.21. The number of allylic oxidation sites excluding steroid dienone is 1. The third-order valence-electron chi connectivity index (χ3n) is 3.21. The number of rotatable bonds is 6. The van der Waals surface area contributed by atoms with Gasteiger partial charge in [-0.2, -0.15) is 0 Å². The van der Waals surface area contributed by atoms with Crippen LogP contribution in [0.25, 0.3) is 0 Å². The molecular formula is C13H25N. The summed E-state index contributed by atoms with van der Waals surface area (Å²) < 4.78 is 0. The van der Waals surface area contributed by atoms with Crippen molar-refractivity contribution in [2.75, 3.05) is 7.05 Å². The van der Waals surface area contributed by atoms with Gasteiger partial charge in [-0.1, -0.05) is 31.4 Å². The van der Waals surface area contributed by atoms with Gasteiger partial charge in [0.15, 0.2) is 0 Å². The van der Waals surface area contributed by atoms with Crippen molar-refractivity contribution >= 4 is 0 Å². The standard InChI is InChI=1S/C13H25N/c1-3-4-10-13(14-2)11-12-8-6-5-7-9-12/h8,13-14H,3-7,9-11H2,1-2H3. The maximum atomic E-state index is 3.44. The quantitative estimate of drug-likeness (QED) is 0.638. The van der Waals surface area contributed by atoms with Gasteiger partial charge in [0.25, 0.3) is 0 Å². The molecule has 0 fully saturated rings. The summed E-state index contributed by atoms with van der Waals surface area (Å²) in [6.45, 7) is 2.27. The lowest BCUT2D eigenvalue weighted by molar-refractivity contribution is 0.484. The molecular weight excluding hydrogens is 170 g/mol. The first-order valence-corrected chi connectivity index (χ1v) is 6.22. The van der Waals surface area contributed by atoms with Crippen molar-refractivity contribution in [3.05, 3.63) is 11.6 Å². The molecule has 0 spiro atoms. The highest BCUT2D eigenvalue weighted by molar-refractivity contribution is 5.06. The second-order valence-electron chi connectivity index (χ2n) is 4.44. The van der Waals surface area contributed by atoms with Gasteiger partial charge >= 0.3 is 0 Å². The Morgan fingerprint density at radius 3 is 2.86 bits per heavy atom. The molecule has 0 aliphatic heterocycles. The zero-order valence-corrected chi connectivity index (χ0v) is 9.81. The van der Waals surface area contributed by atoms with Gasteiger partial charge in [0.05, 0.1) is 0 Å². The van der Waals surface area contributed by atoms with Gasteiger partial charge in [-0.05, 0) is 45.6 Å². The highest BCUT2D eigenvalue weighted by Gasteiger charge is 2.10. The second-order valence-corrected chi connectivity index (χ2v) is 4.44. The number of unbranched alkanes of at least 4 members (excludes halogenated alkanes) is 1. The van der Waals surface area contributed by atoms with E-state index in [0.29, 0.717) is 0 Å².